The third kappa shape index (κ3) is 4.06. The van der Waals surface area contributed by atoms with Crippen LogP contribution in [0.15, 0.2) is 63.9 Å². The first-order valence-electron chi connectivity index (χ1n) is 9.36. The number of carbonyl (C=O) groups excluding carboxylic acids is 1. The summed E-state index contributed by atoms with van der Waals surface area (Å²) in [4.78, 5) is 30.4. The molecule has 0 atom stereocenters. The smallest absolute Gasteiger partial charge is 0.272 e. The van der Waals surface area contributed by atoms with E-state index in [4.69, 9.17) is 21.1 Å². The number of halogens is 1. The van der Waals surface area contributed by atoms with Gasteiger partial charge in [-0.25, -0.2) is 4.98 Å². The number of hydrogen-bond donors (Lipinski definition) is 0. The first kappa shape index (κ1) is 20.1. The Labute approximate surface area is 190 Å². The molecule has 0 N–H and O–H groups in total. The number of ketones is 1. The highest BCUT2D eigenvalue weighted by Crippen LogP contribution is 2.33. The molecule has 0 saturated heterocycles. The standard InChI is InChI=1S/C22H15ClN2O4S2/c23-15-4-2-14(3-5-15)17(26)11-31-22-24-16-7-8-30-20(16)21(27)25(22)10-13-1-6-18-19(9-13)29-12-28-18/h1-9H,10-12H2. The first-order valence-corrected chi connectivity index (χ1v) is 11.6. The van der Waals surface area contributed by atoms with E-state index in [0.717, 1.165) is 5.56 Å². The summed E-state index contributed by atoms with van der Waals surface area (Å²) in [6.45, 7) is 0.503. The second kappa shape index (κ2) is 8.37. The van der Waals surface area contributed by atoms with Gasteiger partial charge in [0.05, 0.1) is 17.8 Å². The third-order valence-corrected chi connectivity index (χ3v) is 6.93. The number of aromatic nitrogens is 2. The molecule has 0 radical (unpaired) electrons. The van der Waals surface area contributed by atoms with Crippen molar-refractivity contribution in [3.05, 3.63) is 80.4 Å². The number of carbonyl (C=O) groups is 1. The molecule has 1 aliphatic rings. The molecule has 2 aromatic heterocycles. The van der Waals surface area contributed by atoms with Crippen LogP contribution >= 0.6 is 34.7 Å². The number of thiophene rings is 1. The number of Topliss-reactive ketones (excluding diaryl/α,β-unsaturated/α-hetero) is 1. The predicted molar refractivity (Wildman–Crippen MR) is 122 cm³/mol. The zero-order valence-electron chi connectivity index (χ0n) is 16.0. The summed E-state index contributed by atoms with van der Waals surface area (Å²) in [7, 11) is 0. The molecular weight excluding hydrogens is 456 g/mol. The fraction of sp³-hybridized carbons (Fsp3) is 0.136. The zero-order chi connectivity index (χ0) is 21.4. The third-order valence-electron chi connectivity index (χ3n) is 4.81. The number of nitrogens with zero attached hydrogens (tertiary/aromatic N) is 2. The maximum absolute atomic E-state index is 13.2. The molecule has 6 nitrogen and oxygen atoms in total. The van der Waals surface area contributed by atoms with Gasteiger partial charge in [-0.2, -0.15) is 0 Å². The SMILES string of the molecule is O=C(CSc1nc2ccsc2c(=O)n1Cc1ccc2c(c1)OCO2)c1ccc(Cl)cc1. The highest BCUT2D eigenvalue weighted by atomic mass is 35.5. The molecule has 31 heavy (non-hydrogen) atoms. The summed E-state index contributed by atoms with van der Waals surface area (Å²) < 4.78 is 13.0. The maximum atomic E-state index is 13.2. The van der Waals surface area contributed by atoms with Crippen molar-refractivity contribution in [1.82, 2.24) is 9.55 Å². The van der Waals surface area contributed by atoms with Crippen molar-refractivity contribution in [1.29, 1.82) is 0 Å². The van der Waals surface area contributed by atoms with Gasteiger partial charge in [0.25, 0.3) is 5.56 Å². The molecule has 3 heterocycles. The van der Waals surface area contributed by atoms with Gasteiger partial charge in [0.2, 0.25) is 6.79 Å². The molecule has 0 unspecified atom stereocenters. The quantitative estimate of drug-likeness (QED) is 0.227. The highest BCUT2D eigenvalue weighted by molar-refractivity contribution is 7.99. The zero-order valence-corrected chi connectivity index (χ0v) is 18.4. The van der Waals surface area contributed by atoms with Crippen LogP contribution in [0.4, 0.5) is 0 Å². The largest absolute Gasteiger partial charge is 0.454 e. The summed E-state index contributed by atoms with van der Waals surface area (Å²) in [6, 6.07) is 14.2. The molecule has 0 spiro atoms. The van der Waals surface area contributed by atoms with Crippen LogP contribution in [0.5, 0.6) is 11.5 Å². The Bertz CT molecular complexity index is 1350. The van der Waals surface area contributed by atoms with Crippen LogP contribution < -0.4 is 15.0 Å². The number of benzene rings is 2. The van der Waals surface area contributed by atoms with Crippen molar-refractivity contribution >= 4 is 50.7 Å². The summed E-state index contributed by atoms with van der Waals surface area (Å²) in [5.41, 5.74) is 1.96. The Hall–Kier alpha value is -2.81. The summed E-state index contributed by atoms with van der Waals surface area (Å²) in [5.74, 6) is 1.44. The molecule has 156 valence electrons. The average molecular weight is 471 g/mol. The molecule has 5 rings (SSSR count). The summed E-state index contributed by atoms with van der Waals surface area (Å²) >= 11 is 8.51. The highest BCUT2D eigenvalue weighted by Gasteiger charge is 2.18. The van der Waals surface area contributed by atoms with Gasteiger partial charge < -0.3 is 9.47 Å². The van der Waals surface area contributed by atoms with E-state index in [1.54, 1.807) is 28.8 Å². The lowest BCUT2D eigenvalue weighted by Crippen LogP contribution is -2.23. The van der Waals surface area contributed by atoms with Crippen molar-refractivity contribution in [3.8, 4) is 11.5 Å². The van der Waals surface area contributed by atoms with Gasteiger partial charge in [0.1, 0.15) is 4.70 Å². The molecule has 0 saturated carbocycles. The van der Waals surface area contributed by atoms with E-state index in [-0.39, 0.29) is 23.9 Å². The minimum atomic E-state index is -0.126. The molecule has 2 aromatic carbocycles. The molecule has 1 aliphatic heterocycles. The molecule has 0 fully saturated rings. The van der Waals surface area contributed by atoms with Crippen LogP contribution in [0.2, 0.25) is 5.02 Å². The van der Waals surface area contributed by atoms with Crippen LogP contribution in [-0.4, -0.2) is 27.9 Å². The van der Waals surface area contributed by atoms with Gasteiger partial charge in [-0.3, -0.25) is 14.2 Å². The molecule has 0 amide bonds. The van der Waals surface area contributed by atoms with E-state index in [1.807, 2.05) is 29.6 Å². The maximum Gasteiger partial charge on any atom is 0.272 e. The van der Waals surface area contributed by atoms with Gasteiger partial charge in [-0.05, 0) is 53.4 Å². The lowest BCUT2D eigenvalue weighted by atomic mass is 10.1. The van der Waals surface area contributed by atoms with Crippen molar-refractivity contribution in [2.45, 2.75) is 11.7 Å². The fourth-order valence-electron chi connectivity index (χ4n) is 3.24. The Morgan fingerprint density at radius 3 is 2.77 bits per heavy atom. The minimum absolute atomic E-state index is 0.0593. The Kier molecular flexibility index (Phi) is 5.43. The summed E-state index contributed by atoms with van der Waals surface area (Å²) in [5, 5.41) is 2.92. The van der Waals surface area contributed by atoms with Gasteiger partial charge in [-0.15, -0.1) is 11.3 Å². The van der Waals surface area contributed by atoms with E-state index < -0.39 is 0 Å². The average Bonchev–Trinajstić information content (AvgIpc) is 3.44. The predicted octanol–water partition coefficient (Wildman–Crippen LogP) is 4.86. The number of thioether (sulfide) groups is 1. The number of fused-ring (bicyclic) bond motifs is 2. The molecule has 9 heteroatoms. The van der Waals surface area contributed by atoms with E-state index in [1.165, 1.54) is 23.1 Å². The fourth-order valence-corrected chi connectivity index (χ4v) is 5.04. The molecular formula is C22H15ClN2O4S2. The van der Waals surface area contributed by atoms with Gasteiger partial charge in [-0.1, -0.05) is 29.4 Å². The second-order valence-electron chi connectivity index (χ2n) is 6.83. The van der Waals surface area contributed by atoms with Crippen molar-refractivity contribution in [2.75, 3.05) is 12.5 Å². The first-order chi connectivity index (χ1) is 15.1. The summed E-state index contributed by atoms with van der Waals surface area (Å²) in [6.07, 6.45) is 0. The van der Waals surface area contributed by atoms with Crippen LogP contribution in [0.25, 0.3) is 10.2 Å². The number of rotatable bonds is 6. The Morgan fingerprint density at radius 1 is 1.13 bits per heavy atom. The lowest BCUT2D eigenvalue weighted by molar-refractivity contribution is 0.102. The normalized spacial score (nSPS) is 12.4. The van der Waals surface area contributed by atoms with Crippen molar-refractivity contribution in [3.63, 3.8) is 0 Å². The Balaban J connectivity index is 1.46. The van der Waals surface area contributed by atoms with Crippen LogP contribution in [0.1, 0.15) is 15.9 Å². The molecule has 0 bridgehead atoms. The van der Waals surface area contributed by atoms with Crippen molar-refractivity contribution in [2.24, 2.45) is 0 Å². The van der Waals surface area contributed by atoms with Gasteiger partial charge in [0.15, 0.2) is 22.4 Å². The van der Waals surface area contributed by atoms with E-state index in [0.29, 0.717) is 44.0 Å². The number of hydrogen-bond acceptors (Lipinski definition) is 7. The molecule has 4 aromatic rings. The second-order valence-corrected chi connectivity index (χ2v) is 9.12. The monoisotopic (exact) mass is 470 g/mol. The van der Waals surface area contributed by atoms with Crippen LogP contribution in [-0.2, 0) is 6.54 Å². The minimum Gasteiger partial charge on any atom is -0.454 e. The topological polar surface area (TPSA) is 70.4 Å². The van der Waals surface area contributed by atoms with Crippen molar-refractivity contribution < 1.29 is 14.3 Å². The number of ether oxygens (including phenoxy) is 2. The van der Waals surface area contributed by atoms with E-state index in [2.05, 4.69) is 4.98 Å². The molecule has 0 aliphatic carbocycles. The lowest BCUT2D eigenvalue weighted by Gasteiger charge is -2.12. The Morgan fingerprint density at radius 2 is 1.94 bits per heavy atom. The van der Waals surface area contributed by atoms with E-state index >= 15 is 0 Å². The van der Waals surface area contributed by atoms with Crippen LogP contribution in [0.3, 0.4) is 0 Å². The van der Waals surface area contributed by atoms with E-state index in [9.17, 15) is 9.59 Å². The van der Waals surface area contributed by atoms with Crippen LogP contribution in [0, 0.1) is 0 Å². The van der Waals surface area contributed by atoms with Gasteiger partial charge >= 0.3 is 0 Å². The van der Waals surface area contributed by atoms with Gasteiger partial charge in [0, 0.05) is 10.6 Å².